The van der Waals surface area contributed by atoms with Crippen LogP contribution < -0.4 is 11.1 Å². The summed E-state index contributed by atoms with van der Waals surface area (Å²) in [4.78, 5) is 0. The maximum Gasteiger partial charge on any atom is 0.148 e. The van der Waals surface area contributed by atoms with Gasteiger partial charge in [0.05, 0.1) is 17.1 Å². The minimum atomic E-state index is -0.492. The Morgan fingerprint density at radius 3 is 2.53 bits per heavy atom. The fourth-order valence-electron chi connectivity index (χ4n) is 1.38. The Balaban J connectivity index is 2.35. The molecule has 0 aromatic heterocycles. The molecule has 5 heteroatoms. The molecule has 0 radical (unpaired) electrons. The first kappa shape index (κ1) is 11.9. The molecular formula is C12H9BrF2N2. The Bertz CT molecular complexity index is 558. The third-order valence-corrected chi connectivity index (χ3v) is 2.91. The molecule has 0 atom stereocenters. The van der Waals surface area contributed by atoms with E-state index in [1.54, 1.807) is 18.2 Å². The van der Waals surface area contributed by atoms with E-state index in [-0.39, 0.29) is 11.5 Å². The highest BCUT2D eigenvalue weighted by Crippen LogP contribution is 2.30. The van der Waals surface area contributed by atoms with Crippen LogP contribution in [0.2, 0.25) is 0 Å². The minimum absolute atomic E-state index is 0.0312. The molecule has 0 amide bonds. The van der Waals surface area contributed by atoms with Crippen LogP contribution in [-0.2, 0) is 0 Å². The molecule has 2 nitrogen and oxygen atoms in total. The number of hydrogen-bond acceptors (Lipinski definition) is 2. The lowest BCUT2D eigenvalue weighted by Crippen LogP contribution is -1.99. The lowest BCUT2D eigenvalue weighted by molar-refractivity contribution is 0.627. The minimum Gasteiger partial charge on any atom is -0.395 e. The van der Waals surface area contributed by atoms with Gasteiger partial charge < -0.3 is 11.1 Å². The van der Waals surface area contributed by atoms with E-state index in [0.717, 1.165) is 0 Å². The summed E-state index contributed by atoms with van der Waals surface area (Å²) in [5.74, 6) is -0.845. The average molecular weight is 299 g/mol. The lowest BCUT2D eigenvalue weighted by atomic mass is 10.2. The van der Waals surface area contributed by atoms with Crippen molar-refractivity contribution in [2.45, 2.75) is 0 Å². The predicted octanol–water partition coefficient (Wildman–Crippen LogP) is 4.05. The van der Waals surface area contributed by atoms with Gasteiger partial charge in [-0.3, -0.25) is 0 Å². The maximum absolute atomic E-state index is 13.2. The van der Waals surface area contributed by atoms with Crippen LogP contribution in [0.3, 0.4) is 0 Å². The number of rotatable bonds is 2. The fraction of sp³-hybridized carbons (Fsp3) is 0. The van der Waals surface area contributed by atoms with Gasteiger partial charge in [0.15, 0.2) is 0 Å². The van der Waals surface area contributed by atoms with E-state index in [1.807, 2.05) is 0 Å². The van der Waals surface area contributed by atoms with Crippen LogP contribution in [0, 0.1) is 11.6 Å². The van der Waals surface area contributed by atoms with Crippen molar-refractivity contribution >= 4 is 33.0 Å². The molecule has 0 unspecified atom stereocenters. The van der Waals surface area contributed by atoms with E-state index in [9.17, 15) is 8.78 Å². The quantitative estimate of drug-likeness (QED) is 0.821. The predicted molar refractivity (Wildman–Crippen MR) is 68.2 cm³/mol. The summed E-state index contributed by atoms with van der Waals surface area (Å²) in [6.45, 7) is 0. The zero-order valence-electron chi connectivity index (χ0n) is 8.68. The first-order valence-corrected chi connectivity index (χ1v) is 5.63. The third kappa shape index (κ3) is 2.55. The molecule has 2 aromatic rings. The Morgan fingerprint density at radius 2 is 1.82 bits per heavy atom. The zero-order chi connectivity index (χ0) is 12.4. The van der Waals surface area contributed by atoms with Crippen molar-refractivity contribution in [3.8, 4) is 0 Å². The van der Waals surface area contributed by atoms with Gasteiger partial charge in [-0.25, -0.2) is 8.78 Å². The number of anilines is 3. The number of hydrogen-bond donors (Lipinski definition) is 2. The maximum atomic E-state index is 13.2. The first-order valence-electron chi connectivity index (χ1n) is 4.84. The largest absolute Gasteiger partial charge is 0.395 e. The van der Waals surface area contributed by atoms with Gasteiger partial charge in [-0.1, -0.05) is 6.07 Å². The molecule has 0 saturated heterocycles. The van der Waals surface area contributed by atoms with Crippen molar-refractivity contribution in [1.29, 1.82) is 0 Å². The second kappa shape index (κ2) is 4.71. The highest BCUT2D eigenvalue weighted by Gasteiger charge is 2.07. The van der Waals surface area contributed by atoms with E-state index in [2.05, 4.69) is 21.2 Å². The SMILES string of the molecule is Nc1c(F)cccc1Nc1ccc(F)cc1Br. The second-order valence-electron chi connectivity index (χ2n) is 3.45. The lowest BCUT2D eigenvalue weighted by Gasteiger charge is -2.11. The average Bonchev–Trinajstić information content (AvgIpc) is 2.28. The highest BCUT2D eigenvalue weighted by atomic mass is 79.9. The molecule has 0 heterocycles. The first-order chi connectivity index (χ1) is 8.08. The molecule has 0 aliphatic carbocycles. The monoisotopic (exact) mass is 298 g/mol. The number of nitrogens with two attached hydrogens (primary N) is 1. The van der Waals surface area contributed by atoms with Crippen LogP contribution in [0.4, 0.5) is 25.8 Å². The molecule has 0 saturated carbocycles. The fourth-order valence-corrected chi connectivity index (χ4v) is 1.83. The van der Waals surface area contributed by atoms with Crippen LogP contribution in [0.5, 0.6) is 0 Å². The normalized spacial score (nSPS) is 10.3. The van der Waals surface area contributed by atoms with Gasteiger partial charge in [0, 0.05) is 4.47 Å². The number of nitrogens with one attached hydrogen (secondary N) is 1. The number of benzene rings is 2. The van der Waals surface area contributed by atoms with Crippen LogP contribution in [0.1, 0.15) is 0 Å². The van der Waals surface area contributed by atoms with Crippen molar-refractivity contribution in [2.24, 2.45) is 0 Å². The van der Waals surface area contributed by atoms with Crippen molar-refractivity contribution in [3.63, 3.8) is 0 Å². The summed E-state index contributed by atoms with van der Waals surface area (Å²) in [6, 6.07) is 8.64. The number of halogens is 3. The van der Waals surface area contributed by atoms with Gasteiger partial charge in [0.1, 0.15) is 11.6 Å². The number of para-hydroxylation sites is 1. The van der Waals surface area contributed by atoms with E-state index in [0.29, 0.717) is 15.8 Å². The van der Waals surface area contributed by atoms with Crippen molar-refractivity contribution in [1.82, 2.24) is 0 Å². The molecule has 0 aliphatic heterocycles. The van der Waals surface area contributed by atoms with E-state index in [1.165, 1.54) is 18.2 Å². The van der Waals surface area contributed by atoms with Gasteiger partial charge >= 0.3 is 0 Å². The van der Waals surface area contributed by atoms with Crippen molar-refractivity contribution in [2.75, 3.05) is 11.1 Å². The summed E-state index contributed by atoms with van der Waals surface area (Å²) in [5.41, 5.74) is 6.67. The highest BCUT2D eigenvalue weighted by molar-refractivity contribution is 9.10. The molecular weight excluding hydrogens is 290 g/mol. The van der Waals surface area contributed by atoms with Crippen molar-refractivity contribution in [3.05, 3.63) is 52.5 Å². The van der Waals surface area contributed by atoms with Gasteiger partial charge in [-0.05, 0) is 46.3 Å². The molecule has 17 heavy (non-hydrogen) atoms. The van der Waals surface area contributed by atoms with Crippen LogP contribution >= 0.6 is 15.9 Å². The van der Waals surface area contributed by atoms with Crippen LogP contribution in [0.15, 0.2) is 40.9 Å². The molecule has 88 valence electrons. The molecule has 0 bridgehead atoms. The molecule has 0 fully saturated rings. The summed E-state index contributed by atoms with van der Waals surface area (Å²) in [7, 11) is 0. The molecule has 0 aliphatic rings. The van der Waals surface area contributed by atoms with E-state index < -0.39 is 5.82 Å². The molecule has 2 rings (SSSR count). The summed E-state index contributed by atoms with van der Waals surface area (Å²) >= 11 is 3.21. The van der Waals surface area contributed by atoms with Gasteiger partial charge in [-0.15, -0.1) is 0 Å². The summed E-state index contributed by atoms with van der Waals surface area (Å²) < 4.78 is 26.6. The third-order valence-electron chi connectivity index (χ3n) is 2.25. The van der Waals surface area contributed by atoms with Crippen molar-refractivity contribution < 1.29 is 8.78 Å². The Morgan fingerprint density at radius 1 is 1.06 bits per heavy atom. The molecule has 0 spiro atoms. The molecule has 3 N–H and O–H groups in total. The smallest absolute Gasteiger partial charge is 0.148 e. The zero-order valence-corrected chi connectivity index (χ0v) is 10.3. The van der Waals surface area contributed by atoms with Gasteiger partial charge in [-0.2, -0.15) is 0 Å². The Labute approximate surface area is 106 Å². The van der Waals surface area contributed by atoms with Gasteiger partial charge in [0.2, 0.25) is 0 Å². The standard InChI is InChI=1S/C12H9BrF2N2/c13-8-6-7(14)4-5-10(8)17-11-3-1-2-9(15)12(11)16/h1-6,17H,16H2. The van der Waals surface area contributed by atoms with E-state index >= 15 is 0 Å². The topological polar surface area (TPSA) is 38.0 Å². The number of nitrogen functional groups attached to an aromatic ring is 1. The summed E-state index contributed by atoms with van der Waals surface area (Å²) in [5, 5.41) is 2.93. The summed E-state index contributed by atoms with van der Waals surface area (Å²) in [6.07, 6.45) is 0. The Hall–Kier alpha value is -1.62. The Kier molecular flexibility index (Phi) is 3.28. The van der Waals surface area contributed by atoms with Crippen LogP contribution in [-0.4, -0.2) is 0 Å². The molecule has 2 aromatic carbocycles. The van der Waals surface area contributed by atoms with E-state index in [4.69, 9.17) is 5.73 Å². The second-order valence-corrected chi connectivity index (χ2v) is 4.30. The van der Waals surface area contributed by atoms with Crippen LogP contribution in [0.25, 0.3) is 0 Å². The van der Waals surface area contributed by atoms with Gasteiger partial charge in [0.25, 0.3) is 0 Å².